The third-order valence-corrected chi connectivity index (χ3v) is 4.48. The van der Waals surface area contributed by atoms with Crippen molar-refractivity contribution >= 4 is 28.8 Å². The van der Waals surface area contributed by atoms with Crippen molar-refractivity contribution in [1.82, 2.24) is 9.88 Å². The van der Waals surface area contributed by atoms with Gasteiger partial charge in [0.2, 0.25) is 0 Å². The van der Waals surface area contributed by atoms with E-state index in [4.69, 9.17) is 12.2 Å². The Bertz CT molecular complexity index is 676. The molecule has 2 heterocycles. The molecular formula is C18H22N4S. The third-order valence-electron chi connectivity index (χ3n) is 4.12. The van der Waals surface area contributed by atoms with Gasteiger partial charge in [-0.3, -0.25) is 0 Å². The lowest BCUT2D eigenvalue weighted by Crippen LogP contribution is -2.50. The summed E-state index contributed by atoms with van der Waals surface area (Å²) in [7, 11) is 0. The Morgan fingerprint density at radius 3 is 2.35 bits per heavy atom. The van der Waals surface area contributed by atoms with Crippen molar-refractivity contribution in [1.29, 1.82) is 0 Å². The van der Waals surface area contributed by atoms with Gasteiger partial charge in [0.05, 0.1) is 0 Å². The highest BCUT2D eigenvalue weighted by molar-refractivity contribution is 7.80. The van der Waals surface area contributed by atoms with E-state index in [0.29, 0.717) is 0 Å². The lowest BCUT2D eigenvalue weighted by atomic mass is 10.2. The van der Waals surface area contributed by atoms with E-state index in [1.165, 1.54) is 16.8 Å². The Kier molecular flexibility index (Phi) is 4.76. The first-order chi connectivity index (χ1) is 11.1. The van der Waals surface area contributed by atoms with Crippen LogP contribution in [-0.4, -0.2) is 41.2 Å². The van der Waals surface area contributed by atoms with Crippen LogP contribution < -0.4 is 10.2 Å². The predicted octanol–water partition coefficient (Wildman–Crippen LogP) is 3.22. The van der Waals surface area contributed by atoms with Crippen LogP contribution in [0.4, 0.5) is 11.5 Å². The summed E-state index contributed by atoms with van der Waals surface area (Å²) in [6.45, 7) is 7.97. The molecule has 0 bridgehead atoms. The largest absolute Gasteiger partial charge is 0.368 e. The average molecular weight is 326 g/mol. The van der Waals surface area contributed by atoms with Gasteiger partial charge in [0, 0.05) is 38.1 Å². The molecule has 1 N–H and O–H groups in total. The molecular weight excluding hydrogens is 304 g/mol. The number of aromatic nitrogens is 1. The number of benzene rings is 1. The van der Waals surface area contributed by atoms with E-state index in [-0.39, 0.29) is 0 Å². The van der Waals surface area contributed by atoms with Crippen LogP contribution in [0.1, 0.15) is 11.1 Å². The molecule has 1 aliphatic rings. The second-order valence-electron chi connectivity index (χ2n) is 5.96. The van der Waals surface area contributed by atoms with Crippen molar-refractivity contribution < 1.29 is 0 Å². The fourth-order valence-corrected chi connectivity index (χ4v) is 3.00. The van der Waals surface area contributed by atoms with E-state index in [2.05, 4.69) is 58.2 Å². The van der Waals surface area contributed by atoms with Crippen molar-refractivity contribution in [3.8, 4) is 0 Å². The van der Waals surface area contributed by atoms with Gasteiger partial charge in [0.15, 0.2) is 5.11 Å². The van der Waals surface area contributed by atoms with Crippen LogP contribution in [0.3, 0.4) is 0 Å². The smallest absolute Gasteiger partial charge is 0.174 e. The van der Waals surface area contributed by atoms with Crippen LogP contribution in [0.2, 0.25) is 0 Å². The zero-order chi connectivity index (χ0) is 16.2. The van der Waals surface area contributed by atoms with Gasteiger partial charge in [-0.15, -0.1) is 0 Å². The highest BCUT2D eigenvalue weighted by atomic mass is 32.1. The van der Waals surface area contributed by atoms with Crippen molar-refractivity contribution in [3.05, 3.63) is 53.7 Å². The first-order valence-electron chi connectivity index (χ1n) is 7.92. The molecule has 0 amide bonds. The van der Waals surface area contributed by atoms with E-state index < -0.39 is 0 Å². The molecule has 1 aliphatic heterocycles. The van der Waals surface area contributed by atoms with E-state index >= 15 is 0 Å². The van der Waals surface area contributed by atoms with Gasteiger partial charge < -0.3 is 15.1 Å². The summed E-state index contributed by atoms with van der Waals surface area (Å²) in [6, 6.07) is 12.7. The molecule has 120 valence electrons. The molecule has 23 heavy (non-hydrogen) atoms. The summed E-state index contributed by atoms with van der Waals surface area (Å²) in [5.74, 6) is 0.816. The Hall–Kier alpha value is -2.14. The molecule has 5 heteroatoms. The summed E-state index contributed by atoms with van der Waals surface area (Å²) >= 11 is 5.53. The lowest BCUT2D eigenvalue weighted by molar-refractivity contribution is 0.391. The second-order valence-corrected chi connectivity index (χ2v) is 6.34. The minimum atomic E-state index is 0.756. The Morgan fingerprint density at radius 1 is 1.00 bits per heavy atom. The summed E-state index contributed by atoms with van der Waals surface area (Å²) in [6.07, 6.45) is 1.80. The van der Waals surface area contributed by atoms with Crippen LogP contribution in [0.5, 0.6) is 0 Å². The van der Waals surface area contributed by atoms with Crippen LogP contribution in [0.25, 0.3) is 0 Å². The minimum Gasteiger partial charge on any atom is -0.368 e. The summed E-state index contributed by atoms with van der Waals surface area (Å²) in [4.78, 5) is 8.93. The quantitative estimate of drug-likeness (QED) is 0.857. The molecule has 3 rings (SSSR count). The predicted molar refractivity (Wildman–Crippen MR) is 100 cm³/mol. The van der Waals surface area contributed by atoms with E-state index in [9.17, 15) is 0 Å². The molecule has 0 radical (unpaired) electrons. The number of nitrogens with zero attached hydrogens (tertiary/aromatic N) is 3. The second kappa shape index (κ2) is 6.96. The number of hydrogen-bond acceptors (Lipinski definition) is 3. The van der Waals surface area contributed by atoms with E-state index in [0.717, 1.165) is 37.1 Å². The van der Waals surface area contributed by atoms with Gasteiger partial charge in [-0.05, 0) is 55.9 Å². The van der Waals surface area contributed by atoms with Crippen molar-refractivity contribution in [3.63, 3.8) is 0 Å². The summed E-state index contributed by atoms with van der Waals surface area (Å²) in [5, 5.41) is 4.00. The maximum absolute atomic E-state index is 5.53. The lowest BCUT2D eigenvalue weighted by Gasteiger charge is -2.37. The van der Waals surface area contributed by atoms with Gasteiger partial charge >= 0.3 is 0 Å². The van der Waals surface area contributed by atoms with Crippen LogP contribution >= 0.6 is 12.2 Å². The number of nitrogens with one attached hydrogen (secondary N) is 1. The number of piperazine rings is 1. The number of rotatable bonds is 2. The average Bonchev–Trinajstić information content (AvgIpc) is 2.56. The summed E-state index contributed by atoms with van der Waals surface area (Å²) < 4.78 is 0. The topological polar surface area (TPSA) is 31.4 Å². The van der Waals surface area contributed by atoms with Crippen molar-refractivity contribution in [2.45, 2.75) is 13.8 Å². The normalized spacial score (nSPS) is 14.7. The first kappa shape index (κ1) is 15.7. The SMILES string of the molecule is Cc1ccc(N2CCN(C(=S)Nc3cc(C)ccn3)CC2)cc1. The number of hydrogen-bond donors (Lipinski definition) is 1. The maximum Gasteiger partial charge on any atom is 0.174 e. The molecule has 2 aromatic rings. The summed E-state index contributed by atoms with van der Waals surface area (Å²) in [5.41, 5.74) is 3.76. The Labute approximate surface area is 143 Å². The molecule has 1 saturated heterocycles. The van der Waals surface area contributed by atoms with Crippen LogP contribution in [-0.2, 0) is 0 Å². The third kappa shape index (κ3) is 3.99. The Balaban J connectivity index is 1.56. The molecule has 1 aromatic heterocycles. The number of anilines is 2. The van der Waals surface area contributed by atoms with E-state index in [1.54, 1.807) is 6.20 Å². The van der Waals surface area contributed by atoms with Crippen molar-refractivity contribution in [2.24, 2.45) is 0 Å². The number of aryl methyl sites for hydroxylation is 2. The van der Waals surface area contributed by atoms with Crippen LogP contribution in [0, 0.1) is 13.8 Å². The molecule has 1 aromatic carbocycles. The van der Waals surface area contributed by atoms with Crippen LogP contribution in [0.15, 0.2) is 42.6 Å². The highest BCUT2D eigenvalue weighted by Crippen LogP contribution is 2.17. The van der Waals surface area contributed by atoms with Gasteiger partial charge in [-0.25, -0.2) is 4.98 Å². The fourth-order valence-electron chi connectivity index (χ4n) is 2.72. The Morgan fingerprint density at radius 2 is 1.70 bits per heavy atom. The molecule has 0 unspecified atom stereocenters. The highest BCUT2D eigenvalue weighted by Gasteiger charge is 2.19. The molecule has 4 nitrogen and oxygen atoms in total. The van der Waals surface area contributed by atoms with Gasteiger partial charge in [-0.1, -0.05) is 17.7 Å². The molecule has 0 saturated carbocycles. The molecule has 1 fully saturated rings. The monoisotopic (exact) mass is 326 g/mol. The number of thiocarbonyl (C=S) groups is 1. The molecule has 0 atom stereocenters. The first-order valence-corrected chi connectivity index (χ1v) is 8.33. The van der Waals surface area contributed by atoms with Gasteiger partial charge in [0.25, 0.3) is 0 Å². The maximum atomic E-state index is 5.53. The standard InChI is InChI=1S/C18H22N4S/c1-14-3-5-16(6-4-14)21-9-11-22(12-10-21)18(23)20-17-13-15(2)7-8-19-17/h3-8,13H,9-12H2,1-2H3,(H,19,20,23). The fraction of sp³-hybridized carbons (Fsp3) is 0.333. The van der Waals surface area contributed by atoms with Gasteiger partial charge in [-0.2, -0.15) is 0 Å². The van der Waals surface area contributed by atoms with Crippen molar-refractivity contribution in [2.75, 3.05) is 36.4 Å². The van der Waals surface area contributed by atoms with E-state index in [1.807, 2.05) is 12.1 Å². The zero-order valence-electron chi connectivity index (χ0n) is 13.6. The molecule has 0 spiro atoms. The number of pyridine rings is 1. The molecule has 0 aliphatic carbocycles. The zero-order valence-corrected chi connectivity index (χ0v) is 14.4. The van der Waals surface area contributed by atoms with Gasteiger partial charge in [0.1, 0.15) is 5.82 Å². The minimum absolute atomic E-state index is 0.756.